The first-order valence-electron chi connectivity index (χ1n) is 7.13. The van der Waals surface area contributed by atoms with Gasteiger partial charge >= 0.3 is 0 Å². The van der Waals surface area contributed by atoms with Gasteiger partial charge in [-0.05, 0) is 37.5 Å². The molecule has 0 bridgehead atoms. The Labute approximate surface area is 110 Å². The molecule has 2 rings (SSSR count). The number of imidazole rings is 1. The molecular weight excluding hydrogens is 224 g/mol. The number of aryl methyl sites for hydroxylation is 1. The van der Waals surface area contributed by atoms with E-state index in [4.69, 9.17) is 0 Å². The molecule has 1 heterocycles. The molecule has 0 saturated heterocycles. The Morgan fingerprint density at radius 3 is 2.72 bits per heavy atom. The third-order valence-electron chi connectivity index (χ3n) is 5.02. The maximum atomic E-state index is 10.3. The number of aromatic nitrogens is 2. The quantitative estimate of drug-likeness (QED) is 0.893. The summed E-state index contributed by atoms with van der Waals surface area (Å²) in [6.45, 7) is 8.99. The molecule has 102 valence electrons. The molecule has 3 atom stereocenters. The second-order valence-corrected chi connectivity index (χ2v) is 6.37. The summed E-state index contributed by atoms with van der Waals surface area (Å²) in [4.78, 5) is 4.29. The minimum atomic E-state index is -0.221. The fourth-order valence-electron chi connectivity index (χ4n) is 3.17. The fourth-order valence-corrected chi connectivity index (χ4v) is 3.17. The molecule has 1 saturated carbocycles. The van der Waals surface area contributed by atoms with Crippen molar-refractivity contribution in [2.45, 2.75) is 65.5 Å². The van der Waals surface area contributed by atoms with Crippen molar-refractivity contribution in [3.63, 3.8) is 0 Å². The van der Waals surface area contributed by atoms with Crippen LogP contribution in [0.1, 0.15) is 58.3 Å². The van der Waals surface area contributed by atoms with Gasteiger partial charge in [0.1, 0.15) is 5.82 Å². The number of hydrogen-bond acceptors (Lipinski definition) is 2. The summed E-state index contributed by atoms with van der Waals surface area (Å²) in [6, 6.07) is 0.206. The summed E-state index contributed by atoms with van der Waals surface area (Å²) in [6.07, 6.45) is 7.94. The topological polar surface area (TPSA) is 38.0 Å². The molecule has 0 radical (unpaired) electrons. The molecule has 3 unspecified atom stereocenters. The molecule has 1 aromatic heterocycles. The van der Waals surface area contributed by atoms with Crippen LogP contribution >= 0.6 is 0 Å². The Kier molecular flexibility index (Phi) is 3.81. The van der Waals surface area contributed by atoms with Gasteiger partial charge in [0.2, 0.25) is 0 Å². The van der Waals surface area contributed by atoms with E-state index in [9.17, 15) is 5.11 Å². The van der Waals surface area contributed by atoms with E-state index in [0.717, 1.165) is 25.1 Å². The summed E-state index contributed by atoms with van der Waals surface area (Å²) >= 11 is 0. The molecule has 0 aromatic carbocycles. The molecule has 0 spiro atoms. The lowest BCUT2D eigenvalue weighted by molar-refractivity contribution is 0.0185. The maximum Gasteiger partial charge on any atom is 0.105 e. The zero-order chi connectivity index (χ0) is 13.3. The average Bonchev–Trinajstić information content (AvgIpc) is 2.76. The predicted octanol–water partition coefficient (Wildman–Crippen LogP) is 3.33. The molecule has 1 aliphatic carbocycles. The smallest absolute Gasteiger partial charge is 0.105 e. The average molecular weight is 250 g/mol. The van der Waals surface area contributed by atoms with Crippen LogP contribution in [0.25, 0.3) is 0 Å². The van der Waals surface area contributed by atoms with E-state index in [2.05, 4.69) is 30.3 Å². The van der Waals surface area contributed by atoms with Crippen LogP contribution in [0.15, 0.2) is 12.4 Å². The molecule has 3 nitrogen and oxygen atoms in total. The Morgan fingerprint density at radius 2 is 2.17 bits per heavy atom. The lowest BCUT2D eigenvalue weighted by atomic mass is 9.68. The van der Waals surface area contributed by atoms with Gasteiger partial charge < -0.3 is 9.67 Å². The van der Waals surface area contributed by atoms with Crippen LogP contribution in [-0.4, -0.2) is 20.8 Å². The second kappa shape index (κ2) is 5.04. The van der Waals surface area contributed by atoms with Crippen LogP contribution in [0.5, 0.6) is 0 Å². The predicted molar refractivity (Wildman–Crippen MR) is 73.4 cm³/mol. The molecule has 1 aromatic rings. The van der Waals surface area contributed by atoms with Gasteiger partial charge in [-0.2, -0.15) is 0 Å². The fraction of sp³-hybridized carbons (Fsp3) is 0.800. The highest BCUT2D eigenvalue weighted by molar-refractivity contribution is 4.98. The second-order valence-electron chi connectivity index (χ2n) is 6.37. The van der Waals surface area contributed by atoms with E-state index in [1.807, 2.05) is 19.3 Å². The summed E-state index contributed by atoms with van der Waals surface area (Å²) in [7, 11) is 0. The van der Waals surface area contributed by atoms with Crippen molar-refractivity contribution >= 4 is 0 Å². The van der Waals surface area contributed by atoms with Crippen molar-refractivity contribution in [1.82, 2.24) is 9.55 Å². The summed E-state index contributed by atoms with van der Waals surface area (Å²) < 4.78 is 2.16. The number of nitrogens with zero attached hydrogens (tertiary/aromatic N) is 2. The molecule has 0 amide bonds. The van der Waals surface area contributed by atoms with E-state index < -0.39 is 0 Å². The third-order valence-corrected chi connectivity index (χ3v) is 5.02. The SMILES string of the molecule is CCC(C)(C)C1CCC(O)C(n2ccnc2C)C1. The monoisotopic (exact) mass is 250 g/mol. The van der Waals surface area contributed by atoms with E-state index in [-0.39, 0.29) is 12.1 Å². The molecule has 1 aliphatic rings. The van der Waals surface area contributed by atoms with Gasteiger partial charge in [0.25, 0.3) is 0 Å². The van der Waals surface area contributed by atoms with Gasteiger partial charge in [0.05, 0.1) is 12.1 Å². The van der Waals surface area contributed by atoms with Crippen molar-refractivity contribution < 1.29 is 5.11 Å². The summed E-state index contributed by atoms with van der Waals surface area (Å²) in [5, 5.41) is 10.3. The summed E-state index contributed by atoms with van der Waals surface area (Å²) in [5.41, 5.74) is 0.368. The summed E-state index contributed by atoms with van der Waals surface area (Å²) in [5.74, 6) is 1.70. The van der Waals surface area contributed by atoms with Crippen molar-refractivity contribution in [2.75, 3.05) is 0 Å². The van der Waals surface area contributed by atoms with Crippen LogP contribution in [0, 0.1) is 18.3 Å². The van der Waals surface area contributed by atoms with Gasteiger partial charge in [-0.25, -0.2) is 4.98 Å². The van der Waals surface area contributed by atoms with E-state index >= 15 is 0 Å². The zero-order valence-electron chi connectivity index (χ0n) is 12.1. The number of rotatable bonds is 3. The van der Waals surface area contributed by atoms with Crippen molar-refractivity contribution in [3.8, 4) is 0 Å². The largest absolute Gasteiger partial charge is 0.391 e. The highest BCUT2D eigenvalue weighted by Gasteiger charge is 2.37. The van der Waals surface area contributed by atoms with Crippen LogP contribution in [0.4, 0.5) is 0 Å². The Balaban J connectivity index is 2.18. The maximum absolute atomic E-state index is 10.3. The lowest BCUT2D eigenvalue weighted by Crippen LogP contribution is -2.37. The Bertz CT molecular complexity index is 397. The van der Waals surface area contributed by atoms with E-state index in [1.54, 1.807) is 0 Å². The minimum absolute atomic E-state index is 0.206. The van der Waals surface area contributed by atoms with E-state index in [1.165, 1.54) is 6.42 Å². The van der Waals surface area contributed by atoms with Crippen LogP contribution < -0.4 is 0 Å². The zero-order valence-corrected chi connectivity index (χ0v) is 12.1. The lowest BCUT2D eigenvalue weighted by Gasteiger charge is -2.42. The number of aliphatic hydroxyl groups is 1. The van der Waals surface area contributed by atoms with Crippen molar-refractivity contribution in [3.05, 3.63) is 18.2 Å². The van der Waals surface area contributed by atoms with Gasteiger partial charge in [-0.15, -0.1) is 0 Å². The Hall–Kier alpha value is -0.830. The first kappa shape index (κ1) is 13.6. The highest BCUT2D eigenvalue weighted by atomic mass is 16.3. The molecule has 18 heavy (non-hydrogen) atoms. The van der Waals surface area contributed by atoms with Gasteiger partial charge in [-0.3, -0.25) is 0 Å². The highest BCUT2D eigenvalue weighted by Crippen LogP contribution is 2.44. The Morgan fingerprint density at radius 1 is 1.44 bits per heavy atom. The van der Waals surface area contributed by atoms with Gasteiger partial charge in [-0.1, -0.05) is 27.2 Å². The number of aliphatic hydroxyl groups excluding tert-OH is 1. The molecule has 0 aliphatic heterocycles. The van der Waals surface area contributed by atoms with Gasteiger partial charge in [0.15, 0.2) is 0 Å². The molecule has 1 N–H and O–H groups in total. The van der Waals surface area contributed by atoms with Crippen LogP contribution in [0.3, 0.4) is 0 Å². The van der Waals surface area contributed by atoms with Crippen molar-refractivity contribution in [2.24, 2.45) is 11.3 Å². The van der Waals surface area contributed by atoms with Gasteiger partial charge in [0, 0.05) is 12.4 Å². The normalized spacial score (nSPS) is 29.5. The third kappa shape index (κ3) is 2.46. The molecule has 3 heteroatoms. The van der Waals surface area contributed by atoms with Crippen LogP contribution in [0.2, 0.25) is 0 Å². The van der Waals surface area contributed by atoms with Crippen molar-refractivity contribution in [1.29, 1.82) is 0 Å². The standard InChI is InChI=1S/C15H26N2O/c1-5-15(3,4)12-6-7-14(18)13(10-12)17-9-8-16-11(17)2/h8-9,12-14,18H,5-7,10H2,1-4H3. The van der Waals surface area contributed by atoms with Crippen LogP contribution in [-0.2, 0) is 0 Å². The first-order chi connectivity index (χ1) is 8.45. The first-order valence-corrected chi connectivity index (χ1v) is 7.13. The minimum Gasteiger partial charge on any atom is -0.391 e. The molecular formula is C15H26N2O. The van der Waals surface area contributed by atoms with E-state index in [0.29, 0.717) is 11.3 Å². The number of hydrogen-bond donors (Lipinski definition) is 1. The molecule has 1 fully saturated rings.